The lowest BCUT2D eigenvalue weighted by molar-refractivity contribution is 0.0669. The first kappa shape index (κ1) is 25.2. The summed E-state index contributed by atoms with van der Waals surface area (Å²) in [4.78, 5) is 41.4. The molecule has 1 unspecified atom stereocenters. The number of anilines is 2. The molecule has 0 aliphatic carbocycles. The number of aryl methyl sites for hydroxylation is 1. The maximum Gasteiger partial charge on any atom is 0.322 e. The van der Waals surface area contributed by atoms with Crippen molar-refractivity contribution in [1.82, 2.24) is 24.3 Å². The van der Waals surface area contributed by atoms with Gasteiger partial charge in [-0.05, 0) is 61.6 Å². The zero-order valence-electron chi connectivity index (χ0n) is 22.8. The Morgan fingerprint density at radius 1 is 1.05 bits per heavy atom. The van der Waals surface area contributed by atoms with Gasteiger partial charge in [0.1, 0.15) is 23.6 Å². The van der Waals surface area contributed by atoms with Crippen LogP contribution in [0.15, 0.2) is 42.9 Å². The van der Waals surface area contributed by atoms with Crippen molar-refractivity contribution >= 4 is 23.4 Å². The molecule has 0 spiro atoms. The molecule has 0 radical (unpaired) electrons. The van der Waals surface area contributed by atoms with Gasteiger partial charge in [-0.25, -0.2) is 14.8 Å². The number of hydrogen-bond donors (Lipinski definition) is 1. The molecule has 1 atom stereocenters. The topological polar surface area (TPSA) is 95.8 Å². The zero-order chi connectivity index (χ0) is 27.1. The Morgan fingerprint density at radius 2 is 1.87 bits per heavy atom. The third kappa shape index (κ3) is 4.68. The summed E-state index contributed by atoms with van der Waals surface area (Å²) in [6.07, 6.45) is 6.84. The van der Waals surface area contributed by atoms with E-state index in [1.807, 2.05) is 34.1 Å². The van der Waals surface area contributed by atoms with E-state index in [2.05, 4.69) is 51.0 Å². The third-order valence-corrected chi connectivity index (χ3v) is 8.54. The van der Waals surface area contributed by atoms with Crippen molar-refractivity contribution in [2.75, 3.05) is 43.5 Å². The maximum absolute atomic E-state index is 13.5. The predicted molar refractivity (Wildman–Crippen MR) is 148 cm³/mol. The van der Waals surface area contributed by atoms with Gasteiger partial charge < -0.3 is 29.3 Å². The lowest BCUT2D eigenvalue weighted by atomic mass is 9.99. The molecule has 6 rings (SSSR count). The van der Waals surface area contributed by atoms with Gasteiger partial charge in [-0.3, -0.25) is 4.79 Å². The number of methoxy groups -OCH3 is 1. The van der Waals surface area contributed by atoms with Crippen LogP contribution in [0, 0.1) is 0 Å². The van der Waals surface area contributed by atoms with Gasteiger partial charge in [-0.1, -0.05) is 0 Å². The fourth-order valence-electron chi connectivity index (χ4n) is 6.24. The van der Waals surface area contributed by atoms with Crippen LogP contribution in [0.25, 0.3) is 0 Å². The van der Waals surface area contributed by atoms with E-state index < -0.39 is 0 Å². The molecule has 1 saturated heterocycles. The molecule has 1 fully saturated rings. The Kier molecular flexibility index (Phi) is 6.62. The smallest absolute Gasteiger partial charge is 0.322 e. The zero-order valence-corrected chi connectivity index (χ0v) is 22.8. The van der Waals surface area contributed by atoms with E-state index in [9.17, 15) is 9.59 Å². The number of carbonyl (C=O) groups is 2. The molecule has 0 bridgehead atoms. The molecule has 3 aliphatic heterocycles. The van der Waals surface area contributed by atoms with Crippen LogP contribution in [-0.2, 0) is 19.9 Å². The fourth-order valence-corrected chi connectivity index (χ4v) is 6.24. The number of nitrogens with zero attached hydrogens (tertiary/aromatic N) is 6. The molecule has 3 aliphatic rings. The van der Waals surface area contributed by atoms with Crippen molar-refractivity contribution in [3.05, 3.63) is 65.4 Å². The number of fused-ring (bicyclic) bond motifs is 2. The largest absolute Gasteiger partial charge is 0.497 e. The van der Waals surface area contributed by atoms with E-state index in [1.54, 1.807) is 7.11 Å². The maximum atomic E-state index is 13.5. The molecule has 0 saturated carbocycles. The standard InChI is InChI=1S/C29H35N7O3/c1-19-23-9-11-33(2)26(23)10-15-35(19)28(37)25-17-27(31-18-30-25)34-12-7-21(8-13-34)36-14-6-20-16-22(39-3)4-5-24(20)32-29(36)38/h4-5,9,11,16-19,21H,6-8,10,12-15H2,1-3H3,(H,32,38). The van der Waals surface area contributed by atoms with E-state index in [4.69, 9.17) is 4.74 Å². The minimum Gasteiger partial charge on any atom is -0.497 e. The summed E-state index contributed by atoms with van der Waals surface area (Å²) in [6, 6.07) is 9.81. The minimum absolute atomic E-state index is 0.00334. The number of hydrogen-bond acceptors (Lipinski definition) is 6. The molecule has 1 aromatic carbocycles. The van der Waals surface area contributed by atoms with Crippen LogP contribution < -0.4 is 15.0 Å². The highest BCUT2D eigenvalue weighted by molar-refractivity contribution is 5.93. The highest BCUT2D eigenvalue weighted by Crippen LogP contribution is 2.32. The average molecular weight is 530 g/mol. The van der Waals surface area contributed by atoms with Crippen molar-refractivity contribution in [1.29, 1.82) is 0 Å². The monoisotopic (exact) mass is 529 g/mol. The first-order chi connectivity index (χ1) is 18.9. The van der Waals surface area contributed by atoms with Gasteiger partial charge in [0.2, 0.25) is 0 Å². The van der Waals surface area contributed by atoms with Crippen LogP contribution in [0.4, 0.5) is 16.3 Å². The molecule has 39 heavy (non-hydrogen) atoms. The summed E-state index contributed by atoms with van der Waals surface area (Å²) in [7, 11) is 3.71. The normalized spacial score (nSPS) is 19.7. The number of ether oxygens (including phenoxy) is 1. The number of aromatic nitrogens is 3. The predicted octanol–water partition coefficient (Wildman–Crippen LogP) is 3.64. The number of urea groups is 1. The molecule has 3 aromatic rings. The Balaban J connectivity index is 1.10. The van der Waals surface area contributed by atoms with Crippen molar-refractivity contribution in [2.45, 2.75) is 44.7 Å². The van der Waals surface area contributed by atoms with Gasteiger partial charge >= 0.3 is 6.03 Å². The first-order valence-corrected chi connectivity index (χ1v) is 13.7. The first-order valence-electron chi connectivity index (χ1n) is 13.7. The highest BCUT2D eigenvalue weighted by atomic mass is 16.5. The summed E-state index contributed by atoms with van der Waals surface area (Å²) in [5, 5.41) is 3.08. The lowest BCUT2D eigenvalue weighted by Gasteiger charge is -2.38. The van der Waals surface area contributed by atoms with E-state index >= 15 is 0 Å². The van der Waals surface area contributed by atoms with E-state index in [0.29, 0.717) is 18.8 Å². The van der Waals surface area contributed by atoms with Crippen LogP contribution in [0.1, 0.15) is 53.1 Å². The van der Waals surface area contributed by atoms with Gasteiger partial charge in [-0.15, -0.1) is 0 Å². The summed E-state index contributed by atoms with van der Waals surface area (Å²) < 4.78 is 7.50. The van der Waals surface area contributed by atoms with Crippen molar-refractivity contribution in [3.63, 3.8) is 0 Å². The molecule has 204 valence electrons. The second kappa shape index (κ2) is 10.2. The summed E-state index contributed by atoms with van der Waals surface area (Å²) in [5.74, 6) is 1.50. The van der Waals surface area contributed by atoms with Gasteiger partial charge in [0.05, 0.1) is 13.2 Å². The third-order valence-electron chi connectivity index (χ3n) is 8.54. The molecule has 1 N–H and O–H groups in total. The Morgan fingerprint density at radius 3 is 2.67 bits per heavy atom. The van der Waals surface area contributed by atoms with Gasteiger partial charge in [0.15, 0.2) is 0 Å². The second-order valence-corrected chi connectivity index (χ2v) is 10.6. The van der Waals surface area contributed by atoms with Crippen LogP contribution in [0.3, 0.4) is 0 Å². The van der Waals surface area contributed by atoms with Crippen molar-refractivity contribution in [2.24, 2.45) is 7.05 Å². The number of nitrogens with one attached hydrogen (secondary N) is 1. The lowest BCUT2D eigenvalue weighted by Crippen LogP contribution is -2.49. The van der Waals surface area contributed by atoms with Crippen LogP contribution in [0.5, 0.6) is 5.75 Å². The van der Waals surface area contributed by atoms with Gasteiger partial charge in [0.25, 0.3) is 5.91 Å². The summed E-state index contributed by atoms with van der Waals surface area (Å²) in [5.41, 5.74) is 4.86. The van der Waals surface area contributed by atoms with E-state index in [0.717, 1.165) is 61.6 Å². The SMILES string of the molecule is COc1ccc2c(c1)CCN(C1CCN(c3cc(C(=O)N4CCc5c(ccn5C)C4C)ncn3)CC1)C(=O)N2. The molecule has 3 amide bonds. The number of carbonyl (C=O) groups excluding carboxylic acids is 2. The van der Waals surface area contributed by atoms with Crippen molar-refractivity contribution in [3.8, 4) is 5.75 Å². The molecule has 2 aromatic heterocycles. The number of amides is 3. The Labute approximate surface area is 228 Å². The fraction of sp³-hybridized carbons (Fsp3) is 0.448. The van der Waals surface area contributed by atoms with E-state index in [-0.39, 0.29) is 24.0 Å². The number of piperidine rings is 1. The van der Waals surface area contributed by atoms with Gasteiger partial charge in [0, 0.05) is 69.3 Å². The number of benzene rings is 1. The Bertz CT molecular complexity index is 1400. The summed E-state index contributed by atoms with van der Waals surface area (Å²) in [6.45, 7) is 4.93. The number of rotatable bonds is 4. The Hall–Kier alpha value is -4.08. The molecule has 10 nitrogen and oxygen atoms in total. The molecular formula is C29H35N7O3. The van der Waals surface area contributed by atoms with Crippen LogP contribution in [0.2, 0.25) is 0 Å². The quantitative estimate of drug-likeness (QED) is 0.555. The van der Waals surface area contributed by atoms with Crippen LogP contribution >= 0.6 is 0 Å². The molecular weight excluding hydrogens is 494 g/mol. The van der Waals surface area contributed by atoms with Crippen LogP contribution in [-0.4, -0.2) is 75.6 Å². The molecule has 10 heteroatoms. The highest BCUT2D eigenvalue weighted by Gasteiger charge is 2.33. The second-order valence-electron chi connectivity index (χ2n) is 10.6. The van der Waals surface area contributed by atoms with Crippen molar-refractivity contribution < 1.29 is 14.3 Å². The van der Waals surface area contributed by atoms with Gasteiger partial charge in [-0.2, -0.15) is 0 Å². The van der Waals surface area contributed by atoms with E-state index in [1.165, 1.54) is 17.6 Å². The molecule has 5 heterocycles. The average Bonchev–Trinajstić information content (AvgIpc) is 3.26. The summed E-state index contributed by atoms with van der Waals surface area (Å²) >= 11 is 0. The minimum atomic E-state index is -0.0621.